The van der Waals surface area contributed by atoms with E-state index in [1.54, 1.807) is 12.3 Å². The summed E-state index contributed by atoms with van der Waals surface area (Å²) in [5.41, 5.74) is 0.699. The molecule has 1 aliphatic heterocycles. The van der Waals surface area contributed by atoms with Gasteiger partial charge in [-0.3, -0.25) is 0 Å². The third kappa shape index (κ3) is 3.01. The van der Waals surface area contributed by atoms with Gasteiger partial charge in [-0.05, 0) is 43.2 Å². The van der Waals surface area contributed by atoms with Crippen molar-refractivity contribution in [2.24, 2.45) is 11.8 Å². The van der Waals surface area contributed by atoms with Crippen molar-refractivity contribution >= 4 is 5.82 Å². The minimum absolute atomic E-state index is 0.699. The fourth-order valence-corrected chi connectivity index (χ4v) is 2.68. The average molecular weight is 243 g/mol. The van der Waals surface area contributed by atoms with Crippen LogP contribution in [0, 0.1) is 23.2 Å². The molecule has 96 valence electrons. The molecule has 3 nitrogen and oxygen atoms in total. The molecule has 2 heterocycles. The second-order valence-corrected chi connectivity index (χ2v) is 5.44. The topological polar surface area (TPSA) is 39.9 Å². The van der Waals surface area contributed by atoms with Crippen molar-refractivity contribution in [3.05, 3.63) is 23.9 Å². The Kier molecular flexibility index (Phi) is 4.19. The van der Waals surface area contributed by atoms with Crippen LogP contribution in [0.4, 0.5) is 5.82 Å². The Morgan fingerprint density at radius 3 is 2.94 bits per heavy atom. The van der Waals surface area contributed by atoms with E-state index in [4.69, 9.17) is 5.26 Å². The summed E-state index contributed by atoms with van der Waals surface area (Å²) in [5.74, 6) is 2.55. The number of nitriles is 1. The molecule has 1 saturated heterocycles. The Bertz CT molecular complexity index is 434. The smallest absolute Gasteiger partial charge is 0.129 e. The van der Waals surface area contributed by atoms with Gasteiger partial charge < -0.3 is 4.90 Å². The molecule has 1 fully saturated rings. The highest BCUT2D eigenvalue weighted by Gasteiger charge is 2.20. The molecule has 0 aliphatic carbocycles. The summed E-state index contributed by atoms with van der Waals surface area (Å²) in [6.07, 6.45) is 5.50. The summed E-state index contributed by atoms with van der Waals surface area (Å²) in [7, 11) is 0. The fourth-order valence-electron chi connectivity index (χ4n) is 2.68. The largest absolute Gasteiger partial charge is 0.357 e. The highest BCUT2D eigenvalue weighted by molar-refractivity contribution is 5.44. The SMILES string of the molecule is CC(C)C1CCCN(c2cc(C#N)ccn2)CC1. The van der Waals surface area contributed by atoms with E-state index in [1.165, 1.54) is 19.3 Å². The first-order valence-electron chi connectivity index (χ1n) is 6.82. The van der Waals surface area contributed by atoms with Gasteiger partial charge in [-0.15, -0.1) is 0 Å². The van der Waals surface area contributed by atoms with Crippen LogP contribution in [-0.2, 0) is 0 Å². The molecule has 0 spiro atoms. The molecule has 3 heteroatoms. The van der Waals surface area contributed by atoms with Crippen LogP contribution in [0.2, 0.25) is 0 Å². The van der Waals surface area contributed by atoms with Crippen LogP contribution in [0.25, 0.3) is 0 Å². The highest BCUT2D eigenvalue weighted by Crippen LogP contribution is 2.26. The summed E-state index contributed by atoms with van der Waals surface area (Å²) >= 11 is 0. The normalized spacial score (nSPS) is 20.6. The molecular formula is C15H21N3. The van der Waals surface area contributed by atoms with Crippen molar-refractivity contribution in [1.29, 1.82) is 5.26 Å². The minimum atomic E-state index is 0.699. The van der Waals surface area contributed by atoms with Crippen molar-refractivity contribution in [3.8, 4) is 6.07 Å². The van der Waals surface area contributed by atoms with E-state index in [1.807, 2.05) is 6.07 Å². The average Bonchev–Trinajstić information content (AvgIpc) is 2.64. The summed E-state index contributed by atoms with van der Waals surface area (Å²) in [5, 5.41) is 8.93. The lowest BCUT2D eigenvalue weighted by Gasteiger charge is -2.22. The van der Waals surface area contributed by atoms with Crippen molar-refractivity contribution < 1.29 is 0 Å². The Hall–Kier alpha value is -1.56. The van der Waals surface area contributed by atoms with Gasteiger partial charge in [0.25, 0.3) is 0 Å². The molecular weight excluding hydrogens is 222 g/mol. The molecule has 0 saturated carbocycles. The molecule has 1 aliphatic rings. The predicted molar refractivity (Wildman–Crippen MR) is 73.3 cm³/mol. The zero-order chi connectivity index (χ0) is 13.0. The van der Waals surface area contributed by atoms with Crippen molar-refractivity contribution in [1.82, 2.24) is 4.98 Å². The van der Waals surface area contributed by atoms with Crippen LogP contribution in [0.5, 0.6) is 0 Å². The lowest BCUT2D eigenvalue weighted by atomic mass is 9.89. The summed E-state index contributed by atoms with van der Waals surface area (Å²) in [4.78, 5) is 6.72. The highest BCUT2D eigenvalue weighted by atomic mass is 15.2. The molecule has 18 heavy (non-hydrogen) atoms. The molecule has 0 N–H and O–H groups in total. The van der Waals surface area contributed by atoms with E-state index >= 15 is 0 Å². The van der Waals surface area contributed by atoms with Crippen LogP contribution >= 0.6 is 0 Å². The third-order valence-corrected chi connectivity index (χ3v) is 3.91. The quantitative estimate of drug-likeness (QED) is 0.800. The number of nitrogens with zero attached hydrogens (tertiary/aromatic N) is 3. The van der Waals surface area contributed by atoms with Gasteiger partial charge in [0.2, 0.25) is 0 Å². The van der Waals surface area contributed by atoms with Crippen LogP contribution in [0.3, 0.4) is 0 Å². The van der Waals surface area contributed by atoms with Gasteiger partial charge >= 0.3 is 0 Å². The Morgan fingerprint density at radius 1 is 1.39 bits per heavy atom. The lowest BCUT2D eigenvalue weighted by Crippen LogP contribution is -2.25. The molecule has 2 rings (SSSR count). The number of anilines is 1. The fraction of sp³-hybridized carbons (Fsp3) is 0.600. The van der Waals surface area contributed by atoms with Crippen molar-refractivity contribution in [2.75, 3.05) is 18.0 Å². The second-order valence-electron chi connectivity index (χ2n) is 5.44. The van der Waals surface area contributed by atoms with E-state index in [-0.39, 0.29) is 0 Å². The number of hydrogen-bond donors (Lipinski definition) is 0. The van der Waals surface area contributed by atoms with Gasteiger partial charge in [0.05, 0.1) is 11.6 Å². The standard InChI is InChI=1S/C15H21N3/c1-12(2)14-4-3-8-18(9-6-14)15-10-13(11-16)5-7-17-15/h5,7,10,12,14H,3-4,6,8-9H2,1-2H3. The summed E-state index contributed by atoms with van der Waals surface area (Å²) < 4.78 is 0. The molecule has 0 aromatic carbocycles. The van der Waals surface area contributed by atoms with E-state index in [9.17, 15) is 0 Å². The van der Waals surface area contributed by atoms with Gasteiger partial charge in [-0.1, -0.05) is 13.8 Å². The van der Waals surface area contributed by atoms with Crippen LogP contribution in [-0.4, -0.2) is 18.1 Å². The van der Waals surface area contributed by atoms with Crippen LogP contribution < -0.4 is 4.90 Å². The van der Waals surface area contributed by atoms with E-state index in [2.05, 4.69) is 29.8 Å². The predicted octanol–water partition coefficient (Wildman–Crippen LogP) is 3.22. The lowest BCUT2D eigenvalue weighted by molar-refractivity contribution is 0.351. The van der Waals surface area contributed by atoms with Gasteiger partial charge in [0.15, 0.2) is 0 Å². The third-order valence-electron chi connectivity index (χ3n) is 3.91. The number of rotatable bonds is 2. The molecule has 1 aromatic rings. The monoisotopic (exact) mass is 243 g/mol. The van der Waals surface area contributed by atoms with Gasteiger partial charge in [-0.25, -0.2) is 4.98 Å². The number of pyridine rings is 1. The maximum atomic E-state index is 8.93. The first-order chi connectivity index (χ1) is 8.70. The molecule has 0 radical (unpaired) electrons. The summed E-state index contributed by atoms with van der Waals surface area (Å²) in [6.45, 7) is 6.75. The van der Waals surface area contributed by atoms with E-state index in [0.29, 0.717) is 5.56 Å². The number of hydrogen-bond acceptors (Lipinski definition) is 3. The van der Waals surface area contributed by atoms with Gasteiger partial charge in [0, 0.05) is 19.3 Å². The first kappa shape index (κ1) is 12.9. The Labute approximate surface area is 109 Å². The maximum Gasteiger partial charge on any atom is 0.129 e. The molecule has 1 aromatic heterocycles. The molecule has 0 bridgehead atoms. The molecule has 1 unspecified atom stereocenters. The van der Waals surface area contributed by atoms with Crippen LogP contribution in [0.15, 0.2) is 18.3 Å². The van der Waals surface area contributed by atoms with Crippen molar-refractivity contribution in [3.63, 3.8) is 0 Å². The summed E-state index contributed by atoms with van der Waals surface area (Å²) in [6, 6.07) is 5.84. The zero-order valence-electron chi connectivity index (χ0n) is 11.3. The van der Waals surface area contributed by atoms with Gasteiger partial charge in [0.1, 0.15) is 5.82 Å². The first-order valence-corrected chi connectivity index (χ1v) is 6.82. The number of aromatic nitrogens is 1. The van der Waals surface area contributed by atoms with Crippen LogP contribution in [0.1, 0.15) is 38.7 Å². The van der Waals surface area contributed by atoms with Crippen molar-refractivity contribution in [2.45, 2.75) is 33.1 Å². The minimum Gasteiger partial charge on any atom is -0.357 e. The molecule has 0 amide bonds. The maximum absolute atomic E-state index is 8.93. The second kappa shape index (κ2) is 5.86. The van der Waals surface area contributed by atoms with E-state index < -0.39 is 0 Å². The van der Waals surface area contributed by atoms with Gasteiger partial charge in [-0.2, -0.15) is 5.26 Å². The zero-order valence-corrected chi connectivity index (χ0v) is 11.3. The Morgan fingerprint density at radius 2 is 2.22 bits per heavy atom. The van der Waals surface area contributed by atoms with E-state index in [0.717, 1.165) is 30.7 Å². The molecule has 1 atom stereocenters. The Balaban J connectivity index is 2.07.